The third kappa shape index (κ3) is 4.40. The first-order valence-electron chi connectivity index (χ1n) is 7.30. The number of morpholine rings is 1. The lowest BCUT2D eigenvalue weighted by Crippen LogP contribution is -2.54. The van der Waals surface area contributed by atoms with Crippen molar-refractivity contribution in [2.75, 3.05) is 33.4 Å². The molecule has 1 aromatic carbocycles. The number of hydrazine groups is 1. The first kappa shape index (κ1) is 16.7. The molecule has 2 atom stereocenters. The van der Waals surface area contributed by atoms with E-state index in [9.17, 15) is 0 Å². The Morgan fingerprint density at radius 3 is 3.05 bits per heavy atom. The van der Waals surface area contributed by atoms with Crippen LogP contribution in [0.25, 0.3) is 0 Å². The third-order valence-corrected chi connectivity index (χ3v) is 4.46. The van der Waals surface area contributed by atoms with Crippen molar-refractivity contribution >= 4 is 15.9 Å². The summed E-state index contributed by atoms with van der Waals surface area (Å²) in [6, 6.07) is 6.07. The summed E-state index contributed by atoms with van der Waals surface area (Å²) in [4.78, 5) is 2.39. The summed E-state index contributed by atoms with van der Waals surface area (Å²) in [7, 11) is 1.69. The standard InChI is InChI=1S/C15H24BrN3O2/c1-3-19-6-7-21-15(10-19)13(18-17)9-11-8-12(16)4-5-14(11)20-2/h4-5,8,13,15,18H,3,6-7,9-10,17H2,1-2H3. The van der Waals surface area contributed by atoms with Gasteiger partial charge in [-0.2, -0.15) is 0 Å². The van der Waals surface area contributed by atoms with E-state index in [-0.39, 0.29) is 12.1 Å². The monoisotopic (exact) mass is 357 g/mol. The average Bonchev–Trinajstić information content (AvgIpc) is 2.52. The SMILES string of the molecule is CCN1CCOC(C(Cc2cc(Br)ccc2OC)NN)C1. The number of ether oxygens (including phenoxy) is 2. The maximum Gasteiger partial charge on any atom is 0.122 e. The largest absolute Gasteiger partial charge is 0.496 e. The molecule has 1 aliphatic heterocycles. The maximum absolute atomic E-state index is 5.90. The van der Waals surface area contributed by atoms with Gasteiger partial charge in [-0.1, -0.05) is 22.9 Å². The van der Waals surface area contributed by atoms with Crippen LogP contribution < -0.4 is 16.0 Å². The number of hydrogen-bond acceptors (Lipinski definition) is 5. The Balaban J connectivity index is 2.09. The van der Waals surface area contributed by atoms with Gasteiger partial charge in [-0.25, -0.2) is 0 Å². The van der Waals surface area contributed by atoms with Gasteiger partial charge >= 0.3 is 0 Å². The molecule has 0 saturated carbocycles. The molecule has 0 aliphatic carbocycles. The molecule has 0 radical (unpaired) electrons. The van der Waals surface area contributed by atoms with Gasteiger partial charge in [0, 0.05) is 17.6 Å². The van der Waals surface area contributed by atoms with Crippen LogP contribution in [0, 0.1) is 0 Å². The van der Waals surface area contributed by atoms with E-state index in [0.29, 0.717) is 0 Å². The quantitative estimate of drug-likeness (QED) is 0.597. The summed E-state index contributed by atoms with van der Waals surface area (Å²) >= 11 is 3.51. The molecule has 0 bridgehead atoms. The molecule has 1 saturated heterocycles. The molecule has 118 valence electrons. The topological polar surface area (TPSA) is 59.8 Å². The lowest BCUT2D eigenvalue weighted by Gasteiger charge is -2.36. The van der Waals surface area contributed by atoms with Gasteiger partial charge in [0.15, 0.2) is 0 Å². The van der Waals surface area contributed by atoms with Crippen LogP contribution in [0.5, 0.6) is 5.75 Å². The van der Waals surface area contributed by atoms with Crippen LogP contribution in [0.2, 0.25) is 0 Å². The second-order valence-electron chi connectivity index (χ2n) is 5.24. The van der Waals surface area contributed by atoms with Crippen LogP contribution in [-0.4, -0.2) is 50.4 Å². The molecule has 2 rings (SSSR count). The fourth-order valence-electron chi connectivity index (χ4n) is 2.70. The maximum atomic E-state index is 5.90. The molecule has 6 heteroatoms. The summed E-state index contributed by atoms with van der Waals surface area (Å²) in [6.07, 6.45) is 0.855. The molecule has 1 heterocycles. The van der Waals surface area contributed by atoms with Crippen molar-refractivity contribution < 1.29 is 9.47 Å². The lowest BCUT2D eigenvalue weighted by molar-refractivity contribution is -0.0448. The van der Waals surface area contributed by atoms with Crippen LogP contribution in [-0.2, 0) is 11.2 Å². The smallest absolute Gasteiger partial charge is 0.122 e. The highest BCUT2D eigenvalue weighted by Gasteiger charge is 2.27. The van der Waals surface area contributed by atoms with Crippen LogP contribution >= 0.6 is 15.9 Å². The molecule has 0 spiro atoms. The van der Waals surface area contributed by atoms with E-state index in [1.165, 1.54) is 0 Å². The van der Waals surface area contributed by atoms with Crippen LogP contribution in [0.1, 0.15) is 12.5 Å². The van der Waals surface area contributed by atoms with Crippen LogP contribution in [0.15, 0.2) is 22.7 Å². The number of likely N-dealkylation sites (N-methyl/N-ethyl adjacent to an activating group) is 1. The predicted octanol–water partition coefficient (Wildman–Crippen LogP) is 1.55. The van der Waals surface area contributed by atoms with E-state index in [1.54, 1.807) is 7.11 Å². The minimum atomic E-state index is 0.0579. The Morgan fingerprint density at radius 1 is 1.57 bits per heavy atom. The summed E-state index contributed by atoms with van der Waals surface area (Å²) in [5.41, 5.74) is 4.03. The second kappa shape index (κ2) is 8.10. The molecule has 0 aromatic heterocycles. The first-order chi connectivity index (χ1) is 10.2. The molecular formula is C15H24BrN3O2. The number of rotatable bonds is 6. The Bertz CT molecular complexity index is 459. The van der Waals surface area contributed by atoms with Crippen molar-refractivity contribution in [1.29, 1.82) is 0 Å². The van der Waals surface area contributed by atoms with Gasteiger partial charge in [-0.15, -0.1) is 0 Å². The van der Waals surface area contributed by atoms with Gasteiger partial charge in [-0.05, 0) is 36.7 Å². The molecule has 1 aliphatic rings. The van der Waals surface area contributed by atoms with Gasteiger partial charge in [0.25, 0.3) is 0 Å². The molecule has 5 nitrogen and oxygen atoms in total. The summed E-state index contributed by atoms with van der Waals surface area (Å²) in [5.74, 6) is 6.64. The van der Waals surface area contributed by atoms with Crippen molar-refractivity contribution in [3.05, 3.63) is 28.2 Å². The zero-order valence-electron chi connectivity index (χ0n) is 12.6. The van der Waals surface area contributed by atoms with Crippen molar-refractivity contribution in [2.24, 2.45) is 5.84 Å². The number of nitrogens with two attached hydrogens (primary N) is 1. The first-order valence-corrected chi connectivity index (χ1v) is 8.09. The van der Waals surface area contributed by atoms with Gasteiger partial charge < -0.3 is 9.47 Å². The number of nitrogens with zero attached hydrogens (tertiary/aromatic N) is 1. The molecular weight excluding hydrogens is 334 g/mol. The van der Waals surface area contributed by atoms with Crippen LogP contribution in [0.3, 0.4) is 0 Å². The molecule has 3 N–H and O–H groups in total. The van der Waals surface area contributed by atoms with E-state index in [1.807, 2.05) is 12.1 Å². The summed E-state index contributed by atoms with van der Waals surface area (Å²) in [6.45, 7) is 5.86. The Labute approximate surface area is 134 Å². The van der Waals surface area contributed by atoms with Gasteiger partial charge in [-0.3, -0.25) is 16.2 Å². The van der Waals surface area contributed by atoms with Crippen LogP contribution in [0.4, 0.5) is 0 Å². The number of benzene rings is 1. The summed E-state index contributed by atoms with van der Waals surface area (Å²) in [5, 5.41) is 0. The summed E-state index contributed by atoms with van der Waals surface area (Å²) < 4.78 is 12.4. The van der Waals surface area contributed by atoms with Crippen molar-refractivity contribution in [3.8, 4) is 5.75 Å². The van der Waals surface area contributed by atoms with E-state index in [0.717, 1.165) is 48.4 Å². The normalized spacial score (nSPS) is 21.2. The molecule has 1 aromatic rings. The predicted molar refractivity (Wildman–Crippen MR) is 87.4 cm³/mol. The van der Waals surface area contributed by atoms with Crippen molar-refractivity contribution in [2.45, 2.75) is 25.5 Å². The highest BCUT2D eigenvalue weighted by atomic mass is 79.9. The fraction of sp³-hybridized carbons (Fsp3) is 0.600. The van der Waals surface area contributed by atoms with Gasteiger partial charge in [0.1, 0.15) is 5.75 Å². The minimum Gasteiger partial charge on any atom is -0.496 e. The number of halogens is 1. The van der Waals surface area contributed by atoms with E-state index in [2.05, 4.69) is 39.2 Å². The Kier molecular flexibility index (Phi) is 6.44. The Morgan fingerprint density at radius 2 is 2.38 bits per heavy atom. The third-order valence-electron chi connectivity index (χ3n) is 3.97. The van der Waals surface area contributed by atoms with Gasteiger partial charge in [0.2, 0.25) is 0 Å². The Hall–Kier alpha value is -0.660. The highest BCUT2D eigenvalue weighted by molar-refractivity contribution is 9.10. The van der Waals surface area contributed by atoms with Gasteiger partial charge in [0.05, 0.1) is 25.9 Å². The van der Waals surface area contributed by atoms with E-state index >= 15 is 0 Å². The lowest BCUT2D eigenvalue weighted by atomic mass is 9.99. The molecule has 1 fully saturated rings. The minimum absolute atomic E-state index is 0.0579. The zero-order chi connectivity index (χ0) is 15.2. The molecule has 21 heavy (non-hydrogen) atoms. The van der Waals surface area contributed by atoms with E-state index < -0.39 is 0 Å². The second-order valence-corrected chi connectivity index (χ2v) is 6.15. The zero-order valence-corrected chi connectivity index (χ0v) is 14.2. The average molecular weight is 358 g/mol. The fourth-order valence-corrected chi connectivity index (χ4v) is 3.11. The highest BCUT2D eigenvalue weighted by Crippen LogP contribution is 2.25. The van der Waals surface area contributed by atoms with Crippen molar-refractivity contribution in [1.82, 2.24) is 10.3 Å². The van der Waals surface area contributed by atoms with Crippen molar-refractivity contribution in [3.63, 3.8) is 0 Å². The number of nitrogens with one attached hydrogen (secondary N) is 1. The molecule has 0 amide bonds. The molecule has 2 unspecified atom stereocenters. The number of methoxy groups -OCH3 is 1. The van der Waals surface area contributed by atoms with E-state index in [4.69, 9.17) is 15.3 Å². The number of hydrogen-bond donors (Lipinski definition) is 2.